The van der Waals surface area contributed by atoms with Gasteiger partial charge in [-0.1, -0.05) is 30.3 Å². The van der Waals surface area contributed by atoms with Gasteiger partial charge in [0.1, 0.15) is 5.01 Å². The number of carbonyl (C=O) groups is 2. The number of aryl methyl sites for hydroxylation is 1. The van der Waals surface area contributed by atoms with Gasteiger partial charge in [0.05, 0.1) is 56.1 Å². The van der Waals surface area contributed by atoms with E-state index < -0.39 is 29.3 Å². The van der Waals surface area contributed by atoms with E-state index in [0.29, 0.717) is 27.8 Å². The Morgan fingerprint density at radius 3 is 2.27 bits per heavy atom. The number of allylic oxidation sites excluding steroid dienone is 1. The van der Waals surface area contributed by atoms with Crippen molar-refractivity contribution in [1.29, 1.82) is 0 Å². The quantitative estimate of drug-likeness (QED) is 0.328. The van der Waals surface area contributed by atoms with Crippen molar-refractivity contribution in [1.82, 2.24) is 10.3 Å². The smallest absolute Gasteiger partial charge is 0.336 e. The summed E-state index contributed by atoms with van der Waals surface area (Å²) in [7, 11) is 3.18. The van der Waals surface area contributed by atoms with Crippen LogP contribution in [0, 0.1) is 12.8 Å². The number of aromatic nitrogens is 1. The van der Waals surface area contributed by atoms with E-state index in [2.05, 4.69) is 5.32 Å². The van der Waals surface area contributed by atoms with E-state index in [0.717, 1.165) is 21.7 Å². The topological polar surface area (TPSA) is 96.0 Å². The van der Waals surface area contributed by atoms with E-state index >= 15 is 0 Å². The lowest BCUT2D eigenvalue weighted by Crippen LogP contribution is -2.55. The first kappa shape index (κ1) is 29.1. The summed E-state index contributed by atoms with van der Waals surface area (Å²) in [5, 5.41) is 4.12. The highest BCUT2D eigenvalue weighted by Gasteiger charge is 2.54. The van der Waals surface area contributed by atoms with Gasteiger partial charge in [-0.05, 0) is 58.4 Å². The fraction of sp³-hybridized carbons (Fsp3) is 0.387. The van der Waals surface area contributed by atoms with Crippen LogP contribution in [-0.4, -0.2) is 44.4 Å². The van der Waals surface area contributed by atoms with Crippen molar-refractivity contribution < 1.29 is 28.5 Å². The zero-order chi connectivity index (χ0) is 29.0. The van der Waals surface area contributed by atoms with Crippen LogP contribution in [0.5, 0.6) is 11.5 Å². The second-order valence-corrected chi connectivity index (χ2v) is 10.9. The fourth-order valence-electron chi connectivity index (χ4n) is 5.46. The second kappa shape index (κ2) is 12.1. The molecule has 0 bridgehead atoms. The first-order valence-corrected chi connectivity index (χ1v) is 14.1. The van der Waals surface area contributed by atoms with Gasteiger partial charge in [0.15, 0.2) is 11.5 Å². The zero-order valence-corrected chi connectivity index (χ0v) is 24.8. The van der Waals surface area contributed by atoms with Crippen molar-refractivity contribution in [3.63, 3.8) is 0 Å². The molecule has 0 spiro atoms. The largest absolute Gasteiger partial charge is 0.493 e. The first-order valence-electron chi connectivity index (χ1n) is 13.3. The summed E-state index contributed by atoms with van der Waals surface area (Å²) in [4.78, 5) is 33.3. The summed E-state index contributed by atoms with van der Waals surface area (Å²) in [6, 6.07) is 15.4. The molecule has 3 atom stereocenters. The number of methoxy groups -OCH3 is 2. The van der Waals surface area contributed by atoms with Gasteiger partial charge in [-0.3, -0.25) is 4.79 Å². The van der Waals surface area contributed by atoms with Gasteiger partial charge in [-0.25, -0.2) is 9.78 Å². The van der Waals surface area contributed by atoms with Gasteiger partial charge in [0, 0.05) is 16.1 Å². The number of carbonyl (C=O) groups excluding carboxylic acids is 2. The lowest BCUT2D eigenvalue weighted by atomic mass is 9.67. The normalized spacial score (nSPS) is 20.5. The van der Waals surface area contributed by atoms with Crippen LogP contribution < -0.4 is 14.8 Å². The van der Waals surface area contributed by atoms with Gasteiger partial charge >= 0.3 is 11.9 Å². The number of hydrogen-bond acceptors (Lipinski definition) is 9. The molecule has 1 N–H and O–H groups in total. The average Bonchev–Trinajstić information content (AvgIpc) is 3.33. The number of hydrogen-bond donors (Lipinski definition) is 1. The predicted octanol–water partition coefficient (Wildman–Crippen LogP) is 5.75. The van der Waals surface area contributed by atoms with E-state index in [1.54, 1.807) is 28.1 Å². The minimum Gasteiger partial charge on any atom is -0.493 e. The average molecular weight is 565 g/mol. The molecule has 2 aromatic carbocycles. The maximum atomic E-state index is 13.8. The van der Waals surface area contributed by atoms with E-state index in [-0.39, 0.29) is 13.2 Å². The van der Waals surface area contributed by atoms with Crippen molar-refractivity contribution >= 4 is 23.3 Å². The summed E-state index contributed by atoms with van der Waals surface area (Å²) in [6.45, 7) is 9.74. The van der Waals surface area contributed by atoms with Gasteiger partial charge in [-0.2, -0.15) is 0 Å². The maximum absolute atomic E-state index is 13.8. The molecule has 212 valence electrons. The van der Waals surface area contributed by atoms with E-state index in [4.69, 9.17) is 23.9 Å². The molecule has 3 unspecified atom stereocenters. The maximum Gasteiger partial charge on any atom is 0.336 e. The van der Waals surface area contributed by atoms with E-state index in [1.165, 1.54) is 11.3 Å². The van der Waals surface area contributed by atoms with Crippen LogP contribution in [0.4, 0.5) is 0 Å². The molecule has 4 rings (SSSR count). The Balaban J connectivity index is 1.95. The third-order valence-electron chi connectivity index (χ3n) is 7.26. The molecule has 0 saturated carbocycles. The molecule has 0 saturated heterocycles. The van der Waals surface area contributed by atoms with Crippen LogP contribution in [0.15, 0.2) is 59.8 Å². The van der Waals surface area contributed by atoms with Crippen LogP contribution in [0.25, 0.3) is 11.3 Å². The van der Waals surface area contributed by atoms with Gasteiger partial charge in [0.25, 0.3) is 0 Å². The Kier molecular flexibility index (Phi) is 8.83. The standard InChI is InChI=1S/C31H36N2O6S/c1-8-38-29(34)24-18(3)33-31(5,21-13-11-10-12-14-21)26(30(35)39-9-2)25(24)28-32-27(19(4)40-28)20-15-16-22(36-6)23(17-20)37-7/h10-17,25-26,33H,8-9H2,1-7H3. The Bertz CT molecular complexity index is 1420. The summed E-state index contributed by atoms with van der Waals surface area (Å²) < 4.78 is 22.1. The third-order valence-corrected chi connectivity index (χ3v) is 8.32. The molecular formula is C31H36N2O6S. The summed E-state index contributed by atoms with van der Waals surface area (Å²) in [5.74, 6) is -1.21. The van der Waals surface area contributed by atoms with Gasteiger partial charge in [0.2, 0.25) is 0 Å². The van der Waals surface area contributed by atoms with Crippen LogP contribution >= 0.6 is 11.3 Å². The van der Waals surface area contributed by atoms with Gasteiger partial charge < -0.3 is 24.3 Å². The van der Waals surface area contributed by atoms with Crippen molar-refractivity contribution in [2.75, 3.05) is 27.4 Å². The summed E-state index contributed by atoms with van der Waals surface area (Å²) in [6.07, 6.45) is 0. The van der Waals surface area contributed by atoms with E-state index in [9.17, 15) is 9.59 Å². The molecule has 8 nitrogen and oxygen atoms in total. The molecular weight excluding hydrogens is 528 g/mol. The molecule has 1 aromatic heterocycles. The van der Waals surface area contributed by atoms with Crippen molar-refractivity contribution in [3.8, 4) is 22.8 Å². The van der Waals surface area contributed by atoms with Crippen LogP contribution in [0.3, 0.4) is 0 Å². The van der Waals surface area contributed by atoms with Crippen LogP contribution in [0.2, 0.25) is 0 Å². The highest BCUT2D eigenvalue weighted by atomic mass is 32.1. The Morgan fingerprint density at radius 1 is 0.975 bits per heavy atom. The molecule has 9 heteroatoms. The molecule has 0 amide bonds. The molecule has 1 aliphatic heterocycles. The number of ether oxygens (including phenoxy) is 4. The number of thiazole rings is 1. The predicted molar refractivity (Wildman–Crippen MR) is 155 cm³/mol. The first-order chi connectivity index (χ1) is 19.2. The Hall–Kier alpha value is -3.85. The molecule has 3 aromatic rings. The van der Waals surface area contributed by atoms with Crippen LogP contribution in [0.1, 0.15) is 49.1 Å². The van der Waals surface area contributed by atoms with Crippen LogP contribution in [-0.2, 0) is 24.6 Å². The number of esters is 2. The highest BCUT2D eigenvalue weighted by molar-refractivity contribution is 7.12. The minimum absolute atomic E-state index is 0.205. The minimum atomic E-state index is -0.888. The lowest BCUT2D eigenvalue weighted by molar-refractivity contribution is -0.152. The summed E-state index contributed by atoms with van der Waals surface area (Å²) in [5.41, 5.74) is 2.60. The lowest BCUT2D eigenvalue weighted by Gasteiger charge is -2.46. The van der Waals surface area contributed by atoms with Gasteiger partial charge in [-0.15, -0.1) is 11.3 Å². The van der Waals surface area contributed by atoms with Crippen molar-refractivity contribution in [3.05, 3.63) is 75.2 Å². The monoisotopic (exact) mass is 564 g/mol. The second-order valence-electron chi connectivity index (χ2n) is 9.69. The molecule has 0 radical (unpaired) electrons. The molecule has 40 heavy (non-hydrogen) atoms. The molecule has 2 heterocycles. The Morgan fingerprint density at radius 2 is 1.65 bits per heavy atom. The number of nitrogens with zero attached hydrogens (tertiary/aromatic N) is 1. The number of benzene rings is 2. The number of nitrogens with one attached hydrogen (secondary N) is 1. The molecule has 0 aliphatic carbocycles. The van der Waals surface area contributed by atoms with Crippen molar-refractivity contribution in [2.24, 2.45) is 5.92 Å². The summed E-state index contributed by atoms with van der Waals surface area (Å²) >= 11 is 1.45. The third kappa shape index (κ3) is 5.30. The Labute approximate surface area is 239 Å². The fourth-order valence-corrected chi connectivity index (χ4v) is 6.56. The van der Waals surface area contributed by atoms with Crippen molar-refractivity contribution in [2.45, 2.75) is 46.1 Å². The zero-order valence-electron chi connectivity index (χ0n) is 24.0. The SMILES string of the molecule is CCOC(=O)C1=C(C)NC(C)(c2ccccc2)C(C(=O)OCC)C1c1nc(-c2ccc(OC)c(OC)c2)c(C)s1. The molecule has 1 aliphatic rings. The van der Waals surface area contributed by atoms with E-state index in [1.807, 2.05) is 69.3 Å². The molecule has 0 fully saturated rings. The number of rotatable bonds is 9. The highest BCUT2D eigenvalue weighted by Crippen LogP contribution is 2.50.